The Morgan fingerprint density at radius 3 is 2.39 bits per heavy atom. The lowest BCUT2D eigenvalue weighted by atomic mass is 10.2. The van der Waals surface area contributed by atoms with E-state index in [-0.39, 0.29) is 18.1 Å². The summed E-state index contributed by atoms with van der Waals surface area (Å²) in [6.07, 6.45) is -4.41. The molecule has 0 fully saturated rings. The van der Waals surface area contributed by atoms with Crippen LogP contribution in [0, 0.1) is 0 Å². The summed E-state index contributed by atoms with van der Waals surface area (Å²) in [6, 6.07) is 11.4. The number of methoxy groups -OCH3 is 1. The van der Waals surface area contributed by atoms with Crippen molar-refractivity contribution in [3.63, 3.8) is 0 Å². The summed E-state index contributed by atoms with van der Waals surface area (Å²) in [4.78, 5) is 11.8. The topological polar surface area (TPSA) is 50.4 Å². The van der Waals surface area contributed by atoms with Gasteiger partial charge in [-0.1, -0.05) is 6.07 Å². The van der Waals surface area contributed by atoms with Gasteiger partial charge in [0.15, 0.2) is 0 Å². The Bertz CT molecular complexity index is 670. The Balaban J connectivity index is 1.91. The number of amides is 1. The van der Waals surface area contributed by atoms with Crippen molar-refractivity contribution in [1.82, 2.24) is 0 Å². The van der Waals surface area contributed by atoms with Crippen LogP contribution in [0.25, 0.3) is 0 Å². The second-order valence-corrected chi connectivity index (χ2v) is 4.71. The first-order valence-corrected chi connectivity index (χ1v) is 6.73. The minimum absolute atomic E-state index is 0.145. The molecule has 0 saturated carbocycles. The number of halogens is 3. The van der Waals surface area contributed by atoms with Gasteiger partial charge < -0.3 is 15.4 Å². The summed E-state index contributed by atoms with van der Waals surface area (Å²) in [7, 11) is 1.53. The third-order valence-corrected chi connectivity index (χ3v) is 3.02. The molecule has 0 aromatic heterocycles. The third-order valence-electron chi connectivity index (χ3n) is 3.02. The minimum Gasteiger partial charge on any atom is -0.497 e. The van der Waals surface area contributed by atoms with Crippen LogP contribution in [0.5, 0.6) is 5.75 Å². The number of rotatable bonds is 5. The summed E-state index contributed by atoms with van der Waals surface area (Å²) in [6.45, 7) is -0.145. The highest BCUT2D eigenvalue weighted by Crippen LogP contribution is 2.30. The zero-order valence-electron chi connectivity index (χ0n) is 12.3. The van der Waals surface area contributed by atoms with Gasteiger partial charge in [-0.15, -0.1) is 0 Å². The lowest BCUT2D eigenvalue weighted by Gasteiger charge is -2.11. The fraction of sp³-hybridized carbons (Fsp3) is 0.188. The van der Waals surface area contributed by atoms with Crippen molar-refractivity contribution in [2.45, 2.75) is 6.18 Å². The molecular weight excluding hydrogens is 309 g/mol. The highest BCUT2D eigenvalue weighted by atomic mass is 19.4. The van der Waals surface area contributed by atoms with Crippen LogP contribution in [-0.2, 0) is 11.0 Å². The highest BCUT2D eigenvalue weighted by molar-refractivity contribution is 5.93. The van der Waals surface area contributed by atoms with Gasteiger partial charge in [0.1, 0.15) is 5.75 Å². The number of benzene rings is 2. The molecule has 1 amide bonds. The molecule has 4 nitrogen and oxygen atoms in total. The Hall–Kier alpha value is -2.70. The molecule has 2 aromatic carbocycles. The predicted molar refractivity (Wildman–Crippen MR) is 81.6 cm³/mol. The van der Waals surface area contributed by atoms with Crippen molar-refractivity contribution in [3.8, 4) is 5.75 Å². The normalized spacial score (nSPS) is 11.0. The SMILES string of the molecule is COc1ccc(NC(=O)CNc2cccc(C(F)(F)F)c2)cc1. The molecular formula is C16H15F3N2O2. The molecule has 0 bridgehead atoms. The van der Waals surface area contributed by atoms with Gasteiger partial charge in [-0.2, -0.15) is 13.2 Å². The number of anilines is 2. The first-order valence-electron chi connectivity index (χ1n) is 6.73. The number of hydrogen-bond donors (Lipinski definition) is 2. The molecule has 0 spiro atoms. The zero-order chi connectivity index (χ0) is 16.9. The van der Waals surface area contributed by atoms with Gasteiger partial charge in [0.05, 0.1) is 19.2 Å². The first-order chi connectivity index (χ1) is 10.9. The minimum atomic E-state index is -4.41. The molecule has 23 heavy (non-hydrogen) atoms. The van der Waals surface area contributed by atoms with Crippen molar-refractivity contribution in [2.24, 2.45) is 0 Å². The van der Waals surface area contributed by atoms with Gasteiger partial charge in [-0.3, -0.25) is 4.79 Å². The molecule has 2 N–H and O–H groups in total. The lowest BCUT2D eigenvalue weighted by molar-refractivity contribution is -0.137. The maximum Gasteiger partial charge on any atom is 0.416 e. The summed E-state index contributed by atoms with van der Waals surface area (Å²) in [5.41, 5.74) is 0.0319. The summed E-state index contributed by atoms with van der Waals surface area (Å²) in [5, 5.41) is 5.29. The van der Waals surface area contributed by atoms with Crippen LogP contribution >= 0.6 is 0 Å². The van der Waals surface area contributed by atoms with E-state index in [0.717, 1.165) is 12.1 Å². The van der Waals surface area contributed by atoms with E-state index in [0.29, 0.717) is 11.4 Å². The van der Waals surface area contributed by atoms with Crippen molar-refractivity contribution < 1.29 is 22.7 Å². The fourth-order valence-corrected chi connectivity index (χ4v) is 1.87. The molecule has 0 aliphatic heterocycles. The number of hydrogen-bond acceptors (Lipinski definition) is 3. The molecule has 0 unspecified atom stereocenters. The van der Waals surface area contributed by atoms with E-state index in [1.807, 2.05) is 0 Å². The van der Waals surface area contributed by atoms with E-state index in [1.54, 1.807) is 24.3 Å². The molecule has 2 rings (SSSR count). The molecule has 0 atom stereocenters. The smallest absolute Gasteiger partial charge is 0.416 e. The molecule has 122 valence electrons. The third kappa shape index (κ3) is 4.91. The van der Waals surface area contributed by atoms with Crippen LogP contribution in [0.3, 0.4) is 0 Å². The van der Waals surface area contributed by atoms with E-state index in [4.69, 9.17) is 4.74 Å². The fourth-order valence-electron chi connectivity index (χ4n) is 1.87. The summed E-state index contributed by atoms with van der Waals surface area (Å²) < 4.78 is 42.8. The lowest BCUT2D eigenvalue weighted by Crippen LogP contribution is -2.21. The van der Waals surface area contributed by atoms with Crippen LogP contribution in [0.4, 0.5) is 24.5 Å². The van der Waals surface area contributed by atoms with Crippen molar-refractivity contribution in [3.05, 3.63) is 54.1 Å². The van der Waals surface area contributed by atoms with Gasteiger partial charge >= 0.3 is 6.18 Å². The maximum absolute atomic E-state index is 12.6. The van der Waals surface area contributed by atoms with E-state index in [2.05, 4.69) is 10.6 Å². The van der Waals surface area contributed by atoms with Gasteiger partial charge in [0, 0.05) is 11.4 Å². The van der Waals surface area contributed by atoms with Crippen LogP contribution in [0.2, 0.25) is 0 Å². The van der Waals surface area contributed by atoms with Crippen LogP contribution in [0.15, 0.2) is 48.5 Å². The van der Waals surface area contributed by atoms with E-state index < -0.39 is 11.7 Å². The maximum atomic E-state index is 12.6. The average Bonchev–Trinajstić information content (AvgIpc) is 2.53. The van der Waals surface area contributed by atoms with Crippen LogP contribution < -0.4 is 15.4 Å². The largest absolute Gasteiger partial charge is 0.497 e. The molecule has 2 aromatic rings. The number of nitrogens with one attached hydrogen (secondary N) is 2. The summed E-state index contributed by atoms with van der Waals surface area (Å²) >= 11 is 0. The molecule has 0 aliphatic rings. The number of carbonyl (C=O) groups is 1. The first kappa shape index (κ1) is 16.7. The number of ether oxygens (including phenoxy) is 1. The molecule has 0 aliphatic carbocycles. The van der Waals surface area contributed by atoms with Gasteiger partial charge in [0.25, 0.3) is 0 Å². The molecule has 7 heteroatoms. The molecule has 0 radical (unpaired) electrons. The van der Waals surface area contributed by atoms with Crippen molar-refractivity contribution in [1.29, 1.82) is 0 Å². The quantitative estimate of drug-likeness (QED) is 0.880. The van der Waals surface area contributed by atoms with Gasteiger partial charge in [-0.25, -0.2) is 0 Å². The molecule has 0 saturated heterocycles. The van der Waals surface area contributed by atoms with Gasteiger partial charge in [0.2, 0.25) is 5.91 Å². The van der Waals surface area contributed by atoms with Crippen molar-refractivity contribution in [2.75, 3.05) is 24.3 Å². The highest BCUT2D eigenvalue weighted by Gasteiger charge is 2.30. The predicted octanol–water partition coefficient (Wildman–Crippen LogP) is 3.76. The second-order valence-electron chi connectivity index (χ2n) is 4.71. The van der Waals surface area contributed by atoms with Gasteiger partial charge in [-0.05, 0) is 42.5 Å². The van der Waals surface area contributed by atoms with Crippen molar-refractivity contribution >= 4 is 17.3 Å². The standard InChI is InChI=1S/C16H15F3N2O2/c1-23-14-7-5-12(6-8-14)21-15(22)10-20-13-4-2-3-11(9-13)16(17,18)19/h2-9,20H,10H2,1H3,(H,21,22). The molecule has 0 heterocycles. The van der Waals surface area contributed by atoms with E-state index in [1.165, 1.54) is 19.2 Å². The van der Waals surface area contributed by atoms with E-state index >= 15 is 0 Å². The summed E-state index contributed by atoms with van der Waals surface area (Å²) in [5.74, 6) is 0.290. The monoisotopic (exact) mass is 324 g/mol. The second kappa shape index (κ2) is 7.04. The Morgan fingerprint density at radius 2 is 1.78 bits per heavy atom. The van der Waals surface area contributed by atoms with Crippen LogP contribution in [0.1, 0.15) is 5.56 Å². The number of carbonyl (C=O) groups excluding carboxylic acids is 1. The zero-order valence-corrected chi connectivity index (χ0v) is 12.3. The average molecular weight is 324 g/mol. The van der Waals surface area contributed by atoms with Crippen LogP contribution in [-0.4, -0.2) is 19.6 Å². The Kier molecular flexibility index (Phi) is 5.10. The van der Waals surface area contributed by atoms with E-state index in [9.17, 15) is 18.0 Å². The number of alkyl halides is 3. The Labute approximate surface area is 131 Å². The Morgan fingerprint density at radius 1 is 1.09 bits per heavy atom.